The van der Waals surface area contributed by atoms with Crippen molar-refractivity contribution in [3.63, 3.8) is 0 Å². The van der Waals surface area contributed by atoms with E-state index in [1.165, 1.54) is 10.4 Å². The quantitative estimate of drug-likeness (QED) is 0.744. The van der Waals surface area contributed by atoms with Gasteiger partial charge in [-0.2, -0.15) is 0 Å². The molecule has 0 fully saturated rings. The van der Waals surface area contributed by atoms with Crippen LogP contribution in [0.3, 0.4) is 0 Å². The van der Waals surface area contributed by atoms with Crippen molar-refractivity contribution in [1.82, 2.24) is 5.32 Å². The van der Waals surface area contributed by atoms with Gasteiger partial charge in [-0.25, -0.2) is 0 Å². The van der Waals surface area contributed by atoms with Crippen LogP contribution in [0.5, 0.6) is 5.75 Å². The number of methoxy groups -OCH3 is 1. The monoisotopic (exact) mass is 373 g/mol. The SMILES string of the molecule is CCCNC(c1ccc(OC)c(Br)c1)c1ccc(Cl)s1. The molecule has 1 aromatic carbocycles. The number of benzene rings is 1. The Hall–Kier alpha value is -0.550. The summed E-state index contributed by atoms with van der Waals surface area (Å²) in [4.78, 5) is 1.22. The number of rotatable bonds is 6. The average molecular weight is 375 g/mol. The molecule has 20 heavy (non-hydrogen) atoms. The lowest BCUT2D eigenvalue weighted by atomic mass is 10.0. The standard InChI is InChI=1S/C15H17BrClNOS/c1-3-8-18-15(13-6-7-14(17)20-13)10-4-5-12(19-2)11(16)9-10/h4-7,9,15,18H,3,8H2,1-2H3. The molecule has 0 aliphatic rings. The first-order valence-corrected chi connectivity index (χ1v) is 8.46. The number of hydrogen-bond acceptors (Lipinski definition) is 3. The van der Waals surface area contributed by atoms with Crippen LogP contribution in [0, 0.1) is 0 Å². The number of ether oxygens (including phenoxy) is 1. The fourth-order valence-corrected chi connectivity index (χ4v) is 3.74. The van der Waals surface area contributed by atoms with Gasteiger partial charge in [0.05, 0.1) is 22.0 Å². The van der Waals surface area contributed by atoms with Crippen LogP contribution >= 0.6 is 38.9 Å². The number of nitrogens with one attached hydrogen (secondary N) is 1. The Balaban J connectivity index is 2.33. The summed E-state index contributed by atoms with van der Waals surface area (Å²) in [7, 11) is 1.67. The third kappa shape index (κ3) is 3.76. The van der Waals surface area contributed by atoms with Gasteiger partial charge in [-0.3, -0.25) is 0 Å². The van der Waals surface area contributed by atoms with Gasteiger partial charge in [0, 0.05) is 4.88 Å². The maximum atomic E-state index is 6.07. The number of hydrogen-bond donors (Lipinski definition) is 1. The molecular weight excluding hydrogens is 358 g/mol. The van der Waals surface area contributed by atoms with E-state index in [0.29, 0.717) is 0 Å². The fourth-order valence-electron chi connectivity index (χ4n) is 2.02. The van der Waals surface area contributed by atoms with E-state index in [0.717, 1.165) is 27.5 Å². The second-order valence-electron chi connectivity index (χ2n) is 4.42. The first kappa shape index (κ1) is 15.8. The van der Waals surface area contributed by atoms with E-state index in [1.54, 1.807) is 18.4 Å². The van der Waals surface area contributed by atoms with Crippen LogP contribution in [0.1, 0.15) is 29.8 Å². The number of halogens is 2. The van der Waals surface area contributed by atoms with Gasteiger partial charge in [0.1, 0.15) is 5.75 Å². The maximum Gasteiger partial charge on any atom is 0.133 e. The normalized spacial score (nSPS) is 12.4. The van der Waals surface area contributed by atoms with Crippen molar-refractivity contribution in [1.29, 1.82) is 0 Å². The summed E-state index contributed by atoms with van der Waals surface area (Å²) in [6, 6.07) is 10.4. The first-order chi connectivity index (χ1) is 9.65. The molecule has 1 unspecified atom stereocenters. The highest BCUT2D eigenvalue weighted by Crippen LogP contribution is 2.34. The minimum absolute atomic E-state index is 0.162. The van der Waals surface area contributed by atoms with Gasteiger partial charge < -0.3 is 10.1 Å². The molecule has 0 bridgehead atoms. The van der Waals surface area contributed by atoms with Crippen molar-refractivity contribution in [3.8, 4) is 5.75 Å². The van der Waals surface area contributed by atoms with Crippen molar-refractivity contribution >= 4 is 38.9 Å². The Bertz CT molecular complexity index is 573. The summed E-state index contributed by atoms with van der Waals surface area (Å²) in [5.74, 6) is 0.840. The Kier molecular flexibility index (Phi) is 5.90. The van der Waals surface area contributed by atoms with Gasteiger partial charge in [-0.1, -0.05) is 24.6 Å². The smallest absolute Gasteiger partial charge is 0.133 e. The van der Waals surface area contributed by atoms with E-state index in [1.807, 2.05) is 12.1 Å². The van der Waals surface area contributed by atoms with Crippen LogP contribution in [0.2, 0.25) is 4.34 Å². The molecule has 5 heteroatoms. The molecule has 2 rings (SSSR count). The molecule has 2 nitrogen and oxygen atoms in total. The Labute approximate surface area is 137 Å². The third-order valence-electron chi connectivity index (χ3n) is 2.99. The van der Waals surface area contributed by atoms with Crippen LogP contribution in [-0.2, 0) is 0 Å². The van der Waals surface area contributed by atoms with E-state index in [4.69, 9.17) is 16.3 Å². The van der Waals surface area contributed by atoms with E-state index in [2.05, 4.69) is 46.4 Å². The number of thiophene rings is 1. The molecular formula is C15H17BrClNOS. The summed E-state index contributed by atoms with van der Waals surface area (Å²) in [6.45, 7) is 3.12. The maximum absolute atomic E-state index is 6.07. The minimum atomic E-state index is 0.162. The lowest BCUT2D eigenvalue weighted by Crippen LogP contribution is -2.22. The summed E-state index contributed by atoms with van der Waals surface area (Å²) in [5.41, 5.74) is 1.20. The van der Waals surface area contributed by atoms with Crippen LogP contribution in [0.25, 0.3) is 0 Å². The highest BCUT2D eigenvalue weighted by atomic mass is 79.9. The van der Waals surface area contributed by atoms with Gasteiger partial charge in [-0.15, -0.1) is 11.3 Å². The predicted octanol–water partition coefficient (Wildman–Crippen LogP) is 5.26. The van der Waals surface area contributed by atoms with Gasteiger partial charge in [0.25, 0.3) is 0 Å². The zero-order valence-electron chi connectivity index (χ0n) is 11.5. The molecule has 1 heterocycles. The zero-order valence-corrected chi connectivity index (χ0v) is 14.6. The second kappa shape index (κ2) is 7.46. The van der Waals surface area contributed by atoms with E-state index in [-0.39, 0.29) is 6.04 Å². The van der Waals surface area contributed by atoms with E-state index >= 15 is 0 Å². The molecule has 0 spiro atoms. The molecule has 1 N–H and O–H groups in total. The molecule has 1 aromatic heterocycles. The zero-order chi connectivity index (χ0) is 14.5. The molecule has 1 atom stereocenters. The van der Waals surface area contributed by atoms with Gasteiger partial charge in [-0.05, 0) is 58.7 Å². The van der Waals surface area contributed by atoms with Crippen molar-refractivity contribution in [2.24, 2.45) is 0 Å². The summed E-state index contributed by atoms with van der Waals surface area (Å²) in [6.07, 6.45) is 1.09. The van der Waals surface area contributed by atoms with Gasteiger partial charge >= 0.3 is 0 Å². The summed E-state index contributed by atoms with van der Waals surface area (Å²) in [5, 5.41) is 3.57. The molecule has 108 valence electrons. The van der Waals surface area contributed by atoms with Crippen molar-refractivity contribution < 1.29 is 4.74 Å². The van der Waals surface area contributed by atoms with Crippen LogP contribution in [0.15, 0.2) is 34.8 Å². The summed E-state index contributed by atoms with van der Waals surface area (Å²) < 4.78 is 7.06. The highest BCUT2D eigenvalue weighted by molar-refractivity contribution is 9.10. The predicted molar refractivity (Wildman–Crippen MR) is 90.2 cm³/mol. The summed E-state index contributed by atoms with van der Waals surface area (Å²) >= 11 is 11.2. The Morgan fingerprint density at radius 2 is 2.15 bits per heavy atom. The van der Waals surface area contributed by atoms with E-state index < -0.39 is 0 Å². The largest absolute Gasteiger partial charge is 0.496 e. The molecule has 0 aliphatic carbocycles. The van der Waals surface area contributed by atoms with Crippen LogP contribution in [0.4, 0.5) is 0 Å². The Morgan fingerprint density at radius 3 is 2.70 bits per heavy atom. The molecule has 0 amide bonds. The second-order valence-corrected chi connectivity index (χ2v) is 7.02. The van der Waals surface area contributed by atoms with Crippen molar-refractivity contribution in [2.45, 2.75) is 19.4 Å². The topological polar surface area (TPSA) is 21.3 Å². The first-order valence-electron chi connectivity index (χ1n) is 6.47. The average Bonchev–Trinajstić information content (AvgIpc) is 2.86. The molecule has 0 saturated carbocycles. The molecule has 0 radical (unpaired) electrons. The van der Waals surface area contributed by atoms with Crippen LogP contribution in [-0.4, -0.2) is 13.7 Å². The molecule has 2 aromatic rings. The molecule has 0 saturated heterocycles. The lowest BCUT2D eigenvalue weighted by Gasteiger charge is -2.18. The van der Waals surface area contributed by atoms with Gasteiger partial charge in [0.15, 0.2) is 0 Å². The van der Waals surface area contributed by atoms with Crippen molar-refractivity contribution in [2.75, 3.05) is 13.7 Å². The lowest BCUT2D eigenvalue weighted by molar-refractivity contribution is 0.411. The highest BCUT2D eigenvalue weighted by Gasteiger charge is 2.16. The minimum Gasteiger partial charge on any atom is -0.496 e. The fraction of sp³-hybridized carbons (Fsp3) is 0.333. The Morgan fingerprint density at radius 1 is 1.35 bits per heavy atom. The van der Waals surface area contributed by atoms with Crippen LogP contribution < -0.4 is 10.1 Å². The van der Waals surface area contributed by atoms with E-state index in [9.17, 15) is 0 Å². The van der Waals surface area contributed by atoms with Gasteiger partial charge in [0.2, 0.25) is 0 Å². The van der Waals surface area contributed by atoms with Crippen molar-refractivity contribution in [3.05, 3.63) is 49.6 Å². The molecule has 0 aliphatic heterocycles. The third-order valence-corrected chi connectivity index (χ3v) is 4.90.